The number of nitrogens with one attached hydrogen (secondary N) is 1. The van der Waals surface area contributed by atoms with Gasteiger partial charge in [0.2, 0.25) is 5.91 Å². The molecule has 1 aromatic heterocycles. The molecule has 0 radical (unpaired) electrons. The van der Waals surface area contributed by atoms with Gasteiger partial charge >= 0.3 is 5.69 Å². The third-order valence-corrected chi connectivity index (χ3v) is 5.78. The van der Waals surface area contributed by atoms with E-state index >= 15 is 0 Å². The molecule has 2 aromatic rings. The molecule has 3 rings (SSSR count). The highest BCUT2D eigenvalue weighted by Gasteiger charge is 2.28. The Morgan fingerprint density at radius 3 is 2.34 bits per heavy atom. The number of aromatic nitrogens is 2. The fourth-order valence-electron chi connectivity index (χ4n) is 3.99. The van der Waals surface area contributed by atoms with Crippen molar-refractivity contribution in [3.05, 3.63) is 56.7 Å². The maximum atomic E-state index is 13.0. The summed E-state index contributed by atoms with van der Waals surface area (Å²) in [6.45, 7) is 5.31. The number of carbonyl (C=O) groups is 2. The lowest BCUT2D eigenvalue weighted by atomic mass is 9.95. The van der Waals surface area contributed by atoms with Crippen LogP contribution in [0.2, 0.25) is 0 Å². The first-order chi connectivity index (χ1) is 15.2. The van der Waals surface area contributed by atoms with E-state index in [9.17, 15) is 19.2 Å². The van der Waals surface area contributed by atoms with Crippen molar-refractivity contribution in [3.8, 4) is 0 Å². The summed E-state index contributed by atoms with van der Waals surface area (Å²) < 4.78 is 2.23. The van der Waals surface area contributed by atoms with E-state index in [1.165, 1.54) is 11.6 Å². The third kappa shape index (κ3) is 5.16. The molecule has 9 nitrogen and oxygen atoms in total. The Bertz CT molecular complexity index is 1100. The maximum absolute atomic E-state index is 13.0. The second kappa shape index (κ2) is 9.95. The fraction of sp³-hybridized carbons (Fsp3) is 0.478. The maximum Gasteiger partial charge on any atom is 0.332 e. The number of nitrogens with zero attached hydrogens (tertiary/aromatic N) is 3. The number of rotatable bonds is 7. The Kier molecular flexibility index (Phi) is 7.29. The van der Waals surface area contributed by atoms with Crippen LogP contribution in [0, 0.1) is 11.8 Å². The molecule has 1 fully saturated rings. The number of piperidine rings is 1. The van der Waals surface area contributed by atoms with E-state index in [1.807, 2.05) is 49.1 Å². The number of nitrogens with two attached hydrogens (primary N) is 1. The molecule has 172 valence electrons. The summed E-state index contributed by atoms with van der Waals surface area (Å²) in [7, 11) is 1.36. The number of carbonyl (C=O) groups excluding carboxylic acids is 2. The summed E-state index contributed by atoms with van der Waals surface area (Å²) in [5.74, 6) is -0.522. The number of ketones is 1. The van der Waals surface area contributed by atoms with Gasteiger partial charge in [-0.05, 0) is 44.0 Å². The molecule has 2 heterocycles. The van der Waals surface area contributed by atoms with E-state index in [0.29, 0.717) is 32.5 Å². The van der Waals surface area contributed by atoms with Gasteiger partial charge in [0.1, 0.15) is 11.4 Å². The predicted molar refractivity (Wildman–Crippen MR) is 124 cm³/mol. The van der Waals surface area contributed by atoms with Crippen LogP contribution in [-0.4, -0.2) is 45.4 Å². The monoisotopic (exact) mass is 441 g/mol. The van der Waals surface area contributed by atoms with Gasteiger partial charge in [-0.15, -0.1) is 0 Å². The molecule has 0 saturated carbocycles. The van der Waals surface area contributed by atoms with Crippen molar-refractivity contribution in [2.24, 2.45) is 18.9 Å². The van der Waals surface area contributed by atoms with Gasteiger partial charge in [-0.3, -0.25) is 28.4 Å². The van der Waals surface area contributed by atoms with Gasteiger partial charge < -0.3 is 11.1 Å². The van der Waals surface area contributed by atoms with E-state index < -0.39 is 17.0 Å². The summed E-state index contributed by atoms with van der Waals surface area (Å²) in [6.07, 6.45) is 1.23. The summed E-state index contributed by atoms with van der Waals surface area (Å²) in [5.41, 5.74) is 5.52. The number of Topliss-reactive ketones (excluding diaryl/α,β-unsaturated/α-hetero) is 1. The van der Waals surface area contributed by atoms with Gasteiger partial charge in [0.15, 0.2) is 5.78 Å². The van der Waals surface area contributed by atoms with Crippen LogP contribution in [0.4, 0.5) is 11.5 Å². The van der Waals surface area contributed by atoms with Gasteiger partial charge in [-0.25, -0.2) is 4.79 Å². The van der Waals surface area contributed by atoms with E-state index in [1.54, 1.807) is 0 Å². The van der Waals surface area contributed by atoms with Crippen LogP contribution >= 0.6 is 0 Å². The molecule has 1 saturated heterocycles. The minimum atomic E-state index is -0.672. The smallest absolute Gasteiger partial charge is 0.332 e. The van der Waals surface area contributed by atoms with E-state index in [2.05, 4.69) is 5.32 Å². The van der Waals surface area contributed by atoms with Crippen molar-refractivity contribution < 1.29 is 9.59 Å². The molecular formula is C23H31N5O4. The molecule has 0 aliphatic carbocycles. The van der Waals surface area contributed by atoms with Crippen molar-refractivity contribution in [2.45, 2.75) is 33.2 Å². The van der Waals surface area contributed by atoms with Gasteiger partial charge in [-0.1, -0.05) is 32.0 Å². The molecule has 1 aliphatic heterocycles. The Morgan fingerprint density at radius 1 is 1.12 bits per heavy atom. The predicted octanol–water partition coefficient (Wildman–Crippen LogP) is 1.32. The number of nitrogen functional groups attached to an aromatic ring is 1. The molecule has 1 amide bonds. The molecule has 1 aromatic carbocycles. The number of anilines is 2. The molecular weight excluding hydrogens is 410 g/mol. The van der Waals surface area contributed by atoms with Gasteiger partial charge in [0.05, 0.1) is 6.54 Å². The zero-order valence-corrected chi connectivity index (χ0v) is 18.8. The van der Waals surface area contributed by atoms with E-state index in [0.717, 1.165) is 10.3 Å². The standard InChI is InChI=1S/C23H31N5O4/c1-15(2)13-28-20(24)19(22(31)26(3)23(28)32)18(29)14-27-11-9-16(10-12-27)21(30)25-17-7-5-4-6-8-17/h4-8,15-16H,9-14,24H2,1-3H3,(H,25,30). The average molecular weight is 442 g/mol. The van der Waals surface area contributed by atoms with Gasteiger partial charge in [0, 0.05) is 25.2 Å². The molecule has 3 N–H and O–H groups in total. The van der Waals surface area contributed by atoms with Crippen molar-refractivity contribution in [2.75, 3.05) is 30.7 Å². The lowest BCUT2D eigenvalue weighted by molar-refractivity contribution is -0.121. The number of hydrogen-bond donors (Lipinski definition) is 2. The van der Waals surface area contributed by atoms with Crippen LogP contribution in [0.1, 0.15) is 37.0 Å². The SMILES string of the molecule is CC(C)Cn1c(N)c(C(=O)CN2CCC(C(=O)Nc3ccccc3)CC2)c(=O)n(C)c1=O. The van der Waals surface area contributed by atoms with Crippen molar-refractivity contribution in [1.29, 1.82) is 0 Å². The van der Waals surface area contributed by atoms with Crippen LogP contribution in [0.15, 0.2) is 39.9 Å². The van der Waals surface area contributed by atoms with Crippen molar-refractivity contribution >= 4 is 23.2 Å². The van der Waals surface area contributed by atoms with Crippen LogP contribution in [-0.2, 0) is 18.4 Å². The van der Waals surface area contributed by atoms with Crippen LogP contribution < -0.4 is 22.3 Å². The van der Waals surface area contributed by atoms with Crippen LogP contribution in [0.25, 0.3) is 0 Å². The molecule has 0 spiro atoms. The highest BCUT2D eigenvalue weighted by molar-refractivity contribution is 6.01. The van der Waals surface area contributed by atoms with Gasteiger partial charge in [-0.2, -0.15) is 0 Å². The fourth-order valence-corrected chi connectivity index (χ4v) is 3.99. The molecule has 0 atom stereocenters. The first kappa shape index (κ1) is 23.5. The van der Waals surface area contributed by atoms with E-state index in [4.69, 9.17) is 5.73 Å². The largest absolute Gasteiger partial charge is 0.384 e. The number of likely N-dealkylation sites (tertiary alicyclic amines) is 1. The highest BCUT2D eigenvalue weighted by atomic mass is 16.2. The Labute approximate surface area is 186 Å². The number of para-hydroxylation sites is 1. The zero-order chi connectivity index (χ0) is 23.4. The Morgan fingerprint density at radius 2 is 1.75 bits per heavy atom. The second-order valence-corrected chi connectivity index (χ2v) is 8.74. The molecule has 0 bridgehead atoms. The van der Waals surface area contributed by atoms with Gasteiger partial charge in [0.25, 0.3) is 5.56 Å². The summed E-state index contributed by atoms with van der Waals surface area (Å²) >= 11 is 0. The second-order valence-electron chi connectivity index (χ2n) is 8.74. The molecule has 0 unspecified atom stereocenters. The first-order valence-corrected chi connectivity index (χ1v) is 10.9. The molecule has 1 aliphatic rings. The summed E-state index contributed by atoms with van der Waals surface area (Å²) in [6, 6.07) is 9.30. The van der Waals surface area contributed by atoms with Crippen molar-refractivity contribution in [1.82, 2.24) is 14.0 Å². The Hall–Kier alpha value is -3.20. The summed E-state index contributed by atoms with van der Waals surface area (Å²) in [5, 5.41) is 2.92. The lowest BCUT2D eigenvalue weighted by Crippen LogP contribution is -2.45. The minimum Gasteiger partial charge on any atom is -0.384 e. The topological polar surface area (TPSA) is 119 Å². The quantitative estimate of drug-likeness (QED) is 0.626. The Balaban J connectivity index is 1.66. The average Bonchev–Trinajstić information content (AvgIpc) is 2.76. The lowest BCUT2D eigenvalue weighted by Gasteiger charge is -2.30. The molecule has 32 heavy (non-hydrogen) atoms. The number of benzene rings is 1. The number of amides is 1. The normalized spacial score (nSPS) is 15.1. The van der Waals surface area contributed by atoms with Crippen LogP contribution in [0.5, 0.6) is 0 Å². The zero-order valence-electron chi connectivity index (χ0n) is 18.8. The number of hydrogen-bond acceptors (Lipinski definition) is 6. The van der Waals surface area contributed by atoms with Crippen molar-refractivity contribution in [3.63, 3.8) is 0 Å². The van der Waals surface area contributed by atoms with Crippen LogP contribution in [0.3, 0.4) is 0 Å². The first-order valence-electron chi connectivity index (χ1n) is 10.9. The third-order valence-electron chi connectivity index (χ3n) is 5.78. The minimum absolute atomic E-state index is 0.0202. The van der Waals surface area contributed by atoms with E-state index in [-0.39, 0.29) is 35.7 Å². The summed E-state index contributed by atoms with van der Waals surface area (Å²) in [4.78, 5) is 52.5. The molecule has 9 heteroatoms. The highest BCUT2D eigenvalue weighted by Crippen LogP contribution is 2.20.